The largest absolute Gasteiger partial charge is 0.497 e. The zero-order valence-electron chi connectivity index (χ0n) is 13.5. The Morgan fingerprint density at radius 1 is 1.36 bits per heavy atom. The number of ether oxygens (including phenoxy) is 1. The van der Waals surface area contributed by atoms with Gasteiger partial charge in [0.15, 0.2) is 0 Å². The summed E-state index contributed by atoms with van der Waals surface area (Å²) < 4.78 is 19.6. The molecular formula is C18H27FN2O. The molecule has 122 valence electrons. The molecule has 22 heavy (non-hydrogen) atoms. The van der Waals surface area contributed by atoms with Crippen molar-refractivity contribution in [1.29, 1.82) is 0 Å². The quantitative estimate of drug-likeness (QED) is 0.587. The predicted octanol–water partition coefficient (Wildman–Crippen LogP) is 3.53. The molecule has 4 heteroatoms. The third-order valence-corrected chi connectivity index (χ3v) is 4.29. The summed E-state index contributed by atoms with van der Waals surface area (Å²) in [4.78, 5) is 2.40. The number of methoxy groups -OCH3 is 1. The second-order valence-corrected chi connectivity index (χ2v) is 5.76. The van der Waals surface area contributed by atoms with Crippen molar-refractivity contribution in [3.63, 3.8) is 0 Å². The zero-order valence-corrected chi connectivity index (χ0v) is 13.5. The molecule has 1 N–H and O–H groups in total. The van der Waals surface area contributed by atoms with Crippen molar-refractivity contribution >= 4 is 0 Å². The molecule has 1 atom stereocenters. The van der Waals surface area contributed by atoms with Crippen LogP contribution in [-0.4, -0.2) is 38.2 Å². The maximum atomic E-state index is 14.5. The van der Waals surface area contributed by atoms with Crippen LogP contribution in [0.4, 0.5) is 4.39 Å². The second-order valence-electron chi connectivity index (χ2n) is 5.76. The molecule has 1 heterocycles. The minimum Gasteiger partial charge on any atom is -0.497 e. The van der Waals surface area contributed by atoms with Gasteiger partial charge in [0.25, 0.3) is 0 Å². The molecule has 1 aliphatic rings. The van der Waals surface area contributed by atoms with Crippen LogP contribution in [0.2, 0.25) is 0 Å². The highest BCUT2D eigenvalue weighted by Gasteiger charge is 2.24. The lowest BCUT2D eigenvalue weighted by Crippen LogP contribution is -2.45. The number of benzene rings is 1. The monoisotopic (exact) mass is 306 g/mol. The number of nitrogens with zero attached hydrogens (tertiary/aromatic N) is 1. The summed E-state index contributed by atoms with van der Waals surface area (Å²) in [6, 6.07) is 5.39. The molecule has 0 unspecified atom stereocenters. The smallest absolute Gasteiger partial charge is 0.131 e. The standard InChI is InChI=1S/C18H27FN2O/c1-3-4-5-6-7-18(21-12-10-20-11-13-21)16-9-8-15(22-2)14-17(16)19/h3,8-9,14,18,20H,1,4-7,10-13H2,2H3/t18-/m1/s1. The van der Waals surface area contributed by atoms with Gasteiger partial charge in [-0.1, -0.05) is 18.6 Å². The summed E-state index contributed by atoms with van der Waals surface area (Å²) in [5.74, 6) is 0.415. The van der Waals surface area contributed by atoms with Gasteiger partial charge in [-0.3, -0.25) is 4.90 Å². The van der Waals surface area contributed by atoms with Crippen molar-refractivity contribution in [2.75, 3.05) is 33.3 Å². The summed E-state index contributed by atoms with van der Waals surface area (Å²) in [5, 5.41) is 3.36. The van der Waals surface area contributed by atoms with Gasteiger partial charge >= 0.3 is 0 Å². The van der Waals surface area contributed by atoms with Crippen LogP contribution in [0.3, 0.4) is 0 Å². The average molecular weight is 306 g/mol. The van der Waals surface area contributed by atoms with Crippen LogP contribution in [0.15, 0.2) is 30.9 Å². The number of nitrogens with one attached hydrogen (secondary N) is 1. The number of piperazine rings is 1. The number of hydrogen-bond donors (Lipinski definition) is 1. The van der Waals surface area contributed by atoms with Gasteiger partial charge in [0.2, 0.25) is 0 Å². The number of allylic oxidation sites excluding steroid dienone is 1. The number of unbranched alkanes of at least 4 members (excludes halogenated alkanes) is 2. The number of rotatable bonds is 8. The van der Waals surface area contributed by atoms with Crippen molar-refractivity contribution in [1.82, 2.24) is 10.2 Å². The van der Waals surface area contributed by atoms with Gasteiger partial charge in [0.05, 0.1) is 7.11 Å². The SMILES string of the molecule is C=CCCCC[C@H](c1ccc(OC)cc1F)N1CCNCC1. The van der Waals surface area contributed by atoms with Crippen molar-refractivity contribution in [2.45, 2.75) is 31.7 Å². The van der Waals surface area contributed by atoms with E-state index >= 15 is 0 Å². The molecule has 2 rings (SSSR count). The van der Waals surface area contributed by atoms with Crippen molar-refractivity contribution < 1.29 is 9.13 Å². The van der Waals surface area contributed by atoms with E-state index < -0.39 is 0 Å². The Labute approximate surface area is 133 Å². The van der Waals surface area contributed by atoms with Crippen LogP contribution < -0.4 is 10.1 Å². The molecule has 0 amide bonds. The van der Waals surface area contributed by atoms with Crippen LogP contribution in [0.5, 0.6) is 5.75 Å². The van der Waals surface area contributed by atoms with Crippen LogP contribution in [0.25, 0.3) is 0 Å². The zero-order chi connectivity index (χ0) is 15.8. The van der Waals surface area contributed by atoms with Crippen molar-refractivity contribution in [3.05, 3.63) is 42.2 Å². The maximum Gasteiger partial charge on any atom is 0.131 e. The third kappa shape index (κ3) is 4.55. The molecule has 0 radical (unpaired) electrons. The molecule has 0 aliphatic carbocycles. The topological polar surface area (TPSA) is 24.5 Å². The molecule has 1 saturated heterocycles. The Bertz CT molecular complexity index is 472. The predicted molar refractivity (Wildman–Crippen MR) is 88.8 cm³/mol. The van der Waals surface area contributed by atoms with Crippen LogP contribution in [0, 0.1) is 5.82 Å². The third-order valence-electron chi connectivity index (χ3n) is 4.29. The highest BCUT2D eigenvalue weighted by atomic mass is 19.1. The first-order valence-electron chi connectivity index (χ1n) is 8.15. The lowest BCUT2D eigenvalue weighted by molar-refractivity contribution is 0.159. The molecule has 3 nitrogen and oxygen atoms in total. The van der Waals surface area contributed by atoms with E-state index in [1.54, 1.807) is 7.11 Å². The van der Waals surface area contributed by atoms with Gasteiger partial charge < -0.3 is 10.1 Å². The van der Waals surface area contributed by atoms with Gasteiger partial charge in [-0.15, -0.1) is 6.58 Å². The minimum absolute atomic E-state index is 0.151. The molecule has 0 bridgehead atoms. The van der Waals surface area contributed by atoms with Gasteiger partial charge in [0, 0.05) is 43.9 Å². The van der Waals surface area contributed by atoms with E-state index in [2.05, 4.69) is 16.8 Å². The molecule has 1 aromatic rings. The molecule has 0 saturated carbocycles. The van der Waals surface area contributed by atoms with E-state index in [0.717, 1.165) is 57.4 Å². The first-order valence-corrected chi connectivity index (χ1v) is 8.15. The first kappa shape index (κ1) is 17.0. The highest BCUT2D eigenvalue weighted by Crippen LogP contribution is 2.30. The number of hydrogen-bond acceptors (Lipinski definition) is 3. The Morgan fingerprint density at radius 3 is 2.77 bits per heavy atom. The average Bonchev–Trinajstić information content (AvgIpc) is 2.56. The lowest BCUT2D eigenvalue weighted by Gasteiger charge is -2.35. The fourth-order valence-corrected chi connectivity index (χ4v) is 3.06. The maximum absolute atomic E-state index is 14.5. The molecule has 1 aromatic carbocycles. The summed E-state index contributed by atoms with van der Waals surface area (Å²) in [5.41, 5.74) is 0.793. The molecule has 0 spiro atoms. The molecular weight excluding hydrogens is 279 g/mol. The Hall–Kier alpha value is -1.39. The normalized spacial score (nSPS) is 17.2. The molecule has 1 aliphatic heterocycles. The first-order chi connectivity index (χ1) is 10.8. The van der Waals surface area contributed by atoms with Gasteiger partial charge in [-0.2, -0.15) is 0 Å². The Kier molecular flexibility index (Phi) is 6.87. The highest BCUT2D eigenvalue weighted by molar-refractivity contribution is 5.31. The van der Waals surface area contributed by atoms with E-state index in [1.165, 1.54) is 6.07 Å². The molecule has 0 aromatic heterocycles. The summed E-state index contributed by atoms with van der Waals surface area (Å²) >= 11 is 0. The minimum atomic E-state index is -0.161. The van der Waals surface area contributed by atoms with E-state index in [4.69, 9.17) is 4.74 Å². The van der Waals surface area contributed by atoms with E-state index in [-0.39, 0.29) is 11.9 Å². The molecule has 1 fully saturated rings. The lowest BCUT2D eigenvalue weighted by atomic mass is 9.97. The van der Waals surface area contributed by atoms with Crippen molar-refractivity contribution in [3.8, 4) is 5.75 Å². The van der Waals surface area contributed by atoms with Crippen LogP contribution in [-0.2, 0) is 0 Å². The fourth-order valence-electron chi connectivity index (χ4n) is 3.06. The summed E-state index contributed by atoms with van der Waals surface area (Å²) in [7, 11) is 1.57. The number of halogens is 1. The Balaban J connectivity index is 2.12. The van der Waals surface area contributed by atoms with Gasteiger partial charge in [-0.05, 0) is 25.3 Å². The second kappa shape index (κ2) is 8.91. The van der Waals surface area contributed by atoms with E-state index in [0.29, 0.717) is 5.75 Å². The Morgan fingerprint density at radius 2 is 2.14 bits per heavy atom. The summed E-state index contributed by atoms with van der Waals surface area (Å²) in [6.07, 6.45) is 6.17. The van der Waals surface area contributed by atoms with E-state index in [1.807, 2.05) is 18.2 Å². The van der Waals surface area contributed by atoms with Gasteiger partial charge in [-0.25, -0.2) is 4.39 Å². The fraction of sp³-hybridized carbons (Fsp3) is 0.556. The van der Waals surface area contributed by atoms with Crippen LogP contribution >= 0.6 is 0 Å². The van der Waals surface area contributed by atoms with Crippen LogP contribution in [0.1, 0.15) is 37.3 Å². The van der Waals surface area contributed by atoms with Crippen molar-refractivity contribution in [2.24, 2.45) is 0 Å². The van der Waals surface area contributed by atoms with E-state index in [9.17, 15) is 4.39 Å². The van der Waals surface area contributed by atoms with Gasteiger partial charge in [0.1, 0.15) is 11.6 Å². The summed E-state index contributed by atoms with van der Waals surface area (Å²) in [6.45, 7) is 7.65.